The van der Waals surface area contributed by atoms with Crippen molar-refractivity contribution in [3.05, 3.63) is 46.5 Å². The van der Waals surface area contributed by atoms with Gasteiger partial charge in [0, 0.05) is 38.3 Å². The topological polar surface area (TPSA) is 45.7 Å². The Balaban J connectivity index is 1.80. The summed E-state index contributed by atoms with van der Waals surface area (Å²) in [6.45, 7) is 7.00. The lowest BCUT2D eigenvalue weighted by atomic mass is 9.74. The Labute approximate surface area is 172 Å². The van der Waals surface area contributed by atoms with Crippen LogP contribution in [0, 0.1) is 12.3 Å². The number of anilines is 1. The maximum Gasteiger partial charge on any atom is 0.313 e. The molecular formula is C22H31N3O2S. The van der Waals surface area contributed by atoms with Gasteiger partial charge in [0.05, 0.1) is 12.0 Å². The highest BCUT2D eigenvalue weighted by atomic mass is 32.1. The maximum absolute atomic E-state index is 13.1. The summed E-state index contributed by atoms with van der Waals surface area (Å²) in [4.78, 5) is 23.2. The Morgan fingerprint density at radius 3 is 2.82 bits per heavy atom. The highest BCUT2D eigenvalue weighted by Gasteiger charge is 2.43. The second-order valence-electron chi connectivity index (χ2n) is 7.92. The zero-order valence-corrected chi connectivity index (χ0v) is 18.2. The molecule has 1 aliphatic heterocycles. The number of hydrogen-bond donors (Lipinski definition) is 0. The lowest BCUT2D eigenvalue weighted by molar-refractivity contribution is -0.159. The summed E-state index contributed by atoms with van der Waals surface area (Å²) >= 11 is 1.72. The number of carbonyl (C=O) groups excluding carboxylic acids is 1. The van der Waals surface area contributed by atoms with Crippen molar-refractivity contribution in [1.82, 2.24) is 9.88 Å². The van der Waals surface area contributed by atoms with Gasteiger partial charge in [-0.25, -0.2) is 4.98 Å². The number of thiazole rings is 1. The van der Waals surface area contributed by atoms with Crippen LogP contribution < -0.4 is 4.90 Å². The van der Waals surface area contributed by atoms with Crippen molar-refractivity contribution in [3.63, 3.8) is 0 Å². The van der Waals surface area contributed by atoms with Crippen LogP contribution in [0.4, 0.5) is 5.13 Å². The van der Waals surface area contributed by atoms with Crippen LogP contribution in [0.5, 0.6) is 0 Å². The van der Waals surface area contributed by atoms with Crippen molar-refractivity contribution in [1.29, 1.82) is 0 Å². The van der Waals surface area contributed by atoms with Crippen LogP contribution in [-0.4, -0.2) is 49.6 Å². The molecule has 1 aromatic carbocycles. The number of benzene rings is 1. The van der Waals surface area contributed by atoms with Gasteiger partial charge in [0.25, 0.3) is 0 Å². The van der Waals surface area contributed by atoms with E-state index < -0.39 is 5.41 Å². The van der Waals surface area contributed by atoms with Gasteiger partial charge in [-0.3, -0.25) is 9.69 Å². The first-order valence-electron chi connectivity index (χ1n) is 9.99. The van der Waals surface area contributed by atoms with Gasteiger partial charge in [0.15, 0.2) is 5.13 Å². The highest BCUT2D eigenvalue weighted by molar-refractivity contribution is 7.15. The summed E-state index contributed by atoms with van der Waals surface area (Å²) in [5.74, 6) is -0.0544. The second kappa shape index (κ2) is 9.05. The molecule has 0 radical (unpaired) electrons. The highest BCUT2D eigenvalue weighted by Crippen LogP contribution is 2.37. The zero-order valence-electron chi connectivity index (χ0n) is 17.4. The number of likely N-dealkylation sites (tertiary alicyclic amines) is 1. The number of piperidine rings is 1. The first-order chi connectivity index (χ1) is 13.4. The van der Waals surface area contributed by atoms with Gasteiger partial charge in [0.2, 0.25) is 0 Å². The molecule has 0 unspecified atom stereocenters. The molecule has 1 aliphatic rings. The Kier molecular flexibility index (Phi) is 6.73. The number of esters is 1. The first kappa shape index (κ1) is 20.8. The standard InChI is InChI=1S/C22H31N3O2S/c1-5-27-20(26)22(13-18-10-7-6-9-17(18)2)11-8-12-25(16-22)15-19-14-23-21(28-19)24(3)4/h6-7,9-10,14H,5,8,11-13,15-16H2,1-4H3/t22-/m1/s1. The Morgan fingerprint density at radius 1 is 1.36 bits per heavy atom. The monoisotopic (exact) mass is 401 g/mol. The van der Waals surface area contributed by atoms with Gasteiger partial charge < -0.3 is 9.64 Å². The zero-order chi connectivity index (χ0) is 20.1. The van der Waals surface area contributed by atoms with Crippen molar-refractivity contribution < 1.29 is 9.53 Å². The van der Waals surface area contributed by atoms with Crippen molar-refractivity contribution >= 4 is 22.4 Å². The molecule has 152 valence electrons. The van der Waals surface area contributed by atoms with Gasteiger partial charge in [-0.15, -0.1) is 11.3 Å². The minimum atomic E-state index is -0.477. The summed E-state index contributed by atoms with van der Waals surface area (Å²) < 4.78 is 5.55. The quantitative estimate of drug-likeness (QED) is 0.659. The predicted molar refractivity (Wildman–Crippen MR) is 115 cm³/mol. The molecule has 0 spiro atoms. The summed E-state index contributed by atoms with van der Waals surface area (Å²) in [5, 5.41) is 1.02. The van der Waals surface area contributed by atoms with E-state index in [1.54, 1.807) is 11.3 Å². The first-order valence-corrected chi connectivity index (χ1v) is 10.8. The number of aromatic nitrogens is 1. The lowest BCUT2D eigenvalue weighted by Gasteiger charge is -2.41. The van der Waals surface area contributed by atoms with Crippen LogP contribution in [0.15, 0.2) is 30.5 Å². The molecule has 5 nitrogen and oxygen atoms in total. The molecule has 1 fully saturated rings. The largest absolute Gasteiger partial charge is 0.466 e. The molecule has 0 bridgehead atoms. The predicted octanol–water partition coefficient (Wildman–Crippen LogP) is 3.91. The van der Waals surface area contributed by atoms with E-state index in [-0.39, 0.29) is 5.97 Å². The molecule has 3 rings (SSSR count). The Hall–Kier alpha value is -1.92. The van der Waals surface area contributed by atoms with E-state index >= 15 is 0 Å². The molecule has 2 aromatic rings. The number of rotatable bonds is 7. The number of hydrogen-bond acceptors (Lipinski definition) is 6. The maximum atomic E-state index is 13.1. The fourth-order valence-electron chi connectivity index (χ4n) is 4.00. The van der Waals surface area contributed by atoms with Gasteiger partial charge in [-0.05, 0) is 50.8 Å². The Morgan fingerprint density at radius 2 is 2.14 bits per heavy atom. The van der Waals surface area contributed by atoms with Crippen molar-refractivity contribution in [2.45, 2.75) is 39.7 Å². The van der Waals surface area contributed by atoms with Crippen LogP contribution in [0.1, 0.15) is 35.8 Å². The Bertz CT molecular complexity index is 805. The minimum Gasteiger partial charge on any atom is -0.466 e. The molecule has 28 heavy (non-hydrogen) atoms. The molecule has 2 heterocycles. The third-order valence-electron chi connectivity index (χ3n) is 5.46. The summed E-state index contributed by atoms with van der Waals surface area (Å²) in [5.41, 5.74) is 2.00. The fourth-order valence-corrected chi connectivity index (χ4v) is 4.87. The van der Waals surface area contributed by atoms with Crippen LogP contribution in [-0.2, 0) is 22.5 Å². The van der Waals surface area contributed by atoms with E-state index in [0.29, 0.717) is 6.61 Å². The van der Waals surface area contributed by atoms with E-state index in [4.69, 9.17) is 4.74 Å². The molecule has 1 saturated heterocycles. The third-order valence-corrected chi connectivity index (χ3v) is 6.61. The number of ether oxygens (including phenoxy) is 1. The second-order valence-corrected chi connectivity index (χ2v) is 9.02. The number of carbonyl (C=O) groups is 1. The van der Waals surface area contributed by atoms with Crippen LogP contribution in [0.3, 0.4) is 0 Å². The summed E-state index contributed by atoms with van der Waals surface area (Å²) in [6.07, 6.45) is 4.58. The fraction of sp³-hybridized carbons (Fsp3) is 0.545. The lowest BCUT2D eigenvalue weighted by Crippen LogP contribution is -2.49. The van der Waals surface area contributed by atoms with E-state index in [9.17, 15) is 4.79 Å². The van der Waals surface area contributed by atoms with Crippen LogP contribution >= 0.6 is 11.3 Å². The molecule has 6 heteroatoms. The summed E-state index contributed by atoms with van der Waals surface area (Å²) in [7, 11) is 4.02. The van der Waals surface area contributed by atoms with Gasteiger partial charge >= 0.3 is 5.97 Å². The molecule has 0 amide bonds. The molecule has 0 saturated carbocycles. The molecule has 1 atom stereocenters. The minimum absolute atomic E-state index is 0.0544. The smallest absolute Gasteiger partial charge is 0.313 e. The normalized spacial score (nSPS) is 20.1. The van der Waals surface area contributed by atoms with E-state index in [2.05, 4.69) is 41.1 Å². The summed E-state index contributed by atoms with van der Waals surface area (Å²) in [6, 6.07) is 8.37. The van der Waals surface area contributed by atoms with Gasteiger partial charge in [-0.1, -0.05) is 24.3 Å². The number of nitrogens with zero attached hydrogens (tertiary/aromatic N) is 3. The van der Waals surface area contributed by atoms with E-state index in [1.807, 2.05) is 32.1 Å². The van der Waals surface area contributed by atoms with Gasteiger partial charge in [0.1, 0.15) is 0 Å². The molecule has 0 N–H and O–H groups in total. The van der Waals surface area contributed by atoms with Crippen molar-refractivity contribution in [2.24, 2.45) is 5.41 Å². The van der Waals surface area contributed by atoms with Crippen LogP contribution in [0.25, 0.3) is 0 Å². The SMILES string of the molecule is CCOC(=O)[C@@]1(Cc2ccccc2C)CCCN(Cc2cnc(N(C)C)s2)C1. The van der Waals surface area contributed by atoms with Crippen LogP contribution in [0.2, 0.25) is 0 Å². The van der Waals surface area contributed by atoms with Crippen molar-refractivity contribution in [2.75, 3.05) is 38.7 Å². The average molecular weight is 402 g/mol. The molecule has 1 aromatic heterocycles. The van der Waals surface area contributed by atoms with E-state index in [0.717, 1.165) is 44.0 Å². The van der Waals surface area contributed by atoms with Gasteiger partial charge in [-0.2, -0.15) is 0 Å². The third kappa shape index (κ3) is 4.73. The van der Waals surface area contributed by atoms with E-state index in [1.165, 1.54) is 16.0 Å². The molecule has 0 aliphatic carbocycles. The molecular weight excluding hydrogens is 370 g/mol. The number of aryl methyl sites for hydroxylation is 1. The average Bonchev–Trinajstić information content (AvgIpc) is 3.13. The van der Waals surface area contributed by atoms with Crippen molar-refractivity contribution in [3.8, 4) is 0 Å².